The van der Waals surface area contributed by atoms with Gasteiger partial charge in [-0.2, -0.15) is 10.4 Å². The van der Waals surface area contributed by atoms with Crippen molar-refractivity contribution in [3.63, 3.8) is 0 Å². The van der Waals surface area contributed by atoms with Gasteiger partial charge in [0.2, 0.25) is 0 Å². The van der Waals surface area contributed by atoms with E-state index in [4.69, 9.17) is 5.26 Å². The Morgan fingerprint density at radius 2 is 1.95 bits per heavy atom. The van der Waals surface area contributed by atoms with Gasteiger partial charge in [0.1, 0.15) is 0 Å². The first kappa shape index (κ1) is 11.2. The van der Waals surface area contributed by atoms with Gasteiger partial charge in [0.05, 0.1) is 22.8 Å². The third-order valence-electron chi connectivity index (χ3n) is 2.86. The summed E-state index contributed by atoms with van der Waals surface area (Å²) in [6.07, 6.45) is 7.43. The van der Waals surface area contributed by atoms with Crippen LogP contribution in [0, 0.1) is 11.3 Å². The monoisotopic (exact) mass is 246 g/mol. The first-order valence-corrected chi connectivity index (χ1v) is 5.83. The SMILES string of the molecule is N#Cc1ccc2c(/C=C/c3ccncc3)n[nH]c2c1. The zero-order chi connectivity index (χ0) is 13.1. The lowest BCUT2D eigenvalue weighted by molar-refractivity contribution is 1.11. The van der Waals surface area contributed by atoms with Gasteiger partial charge in [-0.1, -0.05) is 6.08 Å². The van der Waals surface area contributed by atoms with Gasteiger partial charge in [0.15, 0.2) is 0 Å². The lowest BCUT2D eigenvalue weighted by atomic mass is 10.1. The van der Waals surface area contributed by atoms with E-state index >= 15 is 0 Å². The van der Waals surface area contributed by atoms with Crippen LogP contribution in [0.1, 0.15) is 16.8 Å². The molecule has 0 aliphatic rings. The highest BCUT2D eigenvalue weighted by Crippen LogP contribution is 2.19. The Kier molecular flexibility index (Phi) is 2.79. The van der Waals surface area contributed by atoms with E-state index in [2.05, 4.69) is 21.3 Å². The minimum Gasteiger partial charge on any atom is -0.277 e. The minimum atomic E-state index is 0.626. The summed E-state index contributed by atoms with van der Waals surface area (Å²) in [6, 6.07) is 11.5. The third kappa shape index (κ3) is 2.22. The molecule has 1 N–H and O–H groups in total. The van der Waals surface area contributed by atoms with Crippen LogP contribution in [-0.4, -0.2) is 15.2 Å². The molecule has 90 valence electrons. The van der Waals surface area contributed by atoms with E-state index in [1.165, 1.54) is 0 Å². The molecule has 19 heavy (non-hydrogen) atoms. The molecule has 3 aromatic rings. The van der Waals surface area contributed by atoms with Gasteiger partial charge in [-0.15, -0.1) is 0 Å². The predicted octanol–water partition coefficient (Wildman–Crippen LogP) is 3.00. The number of hydrogen-bond acceptors (Lipinski definition) is 3. The third-order valence-corrected chi connectivity index (χ3v) is 2.86. The number of H-pyrrole nitrogens is 1. The summed E-state index contributed by atoms with van der Waals surface area (Å²) >= 11 is 0. The van der Waals surface area contributed by atoms with Crippen molar-refractivity contribution in [2.24, 2.45) is 0 Å². The summed E-state index contributed by atoms with van der Waals surface area (Å²) < 4.78 is 0. The van der Waals surface area contributed by atoms with Crippen LogP contribution in [0.25, 0.3) is 23.1 Å². The molecule has 0 fully saturated rings. The fraction of sp³-hybridized carbons (Fsp3) is 0. The second-order valence-electron chi connectivity index (χ2n) is 4.09. The highest BCUT2D eigenvalue weighted by Gasteiger charge is 2.03. The Balaban J connectivity index is 1.98. The second kappa shape index (κ2) is 4.75. The van der Waals surface area contributed by atoms with Crippen LogP contribution in [0.15, 0.2) is 42.7 Å². The van der Waals surface area contributed by atoms with Gasteiger partial charge in [-0.25, -0.2) is 0 Å². The zero-order valence-electron chi connectivity index (χ0n) is 10.0. The van der Waals surface area contributed by atoms with Crippen LogP contribution in [0.3, 0.4) is 0 Å². The van der Waals surface area contributed by atoms with Gasteiger partial charge < -0.3 is 0 Å². The number of nitriles is 1. The van der Waals surface area contributed by atoms with Gasteiger partial charge in [0, 0.05) is 17.8 Å². The number of aromatic nitrogens is 3. The van der Waals surface area contributed by atoms with Crippen molar-refractivity contribution >= 4 is 23.1 Å². The largest absolute Gasteiger partial charge is 0.277 e. The van der Waals surface area contributed by atoms with Crippen LogP contribution in [0.2, 0.25) is 0 Å². The average molecular weight is 246 g/mol. The van der Waals surface area contributed by atoms with Gasteiger partial charge >= 0.3 is 0 Å². The van der Waals surface area contributed by atoms with Crippen molar-refractivity contribution in [1.29, 1.82) is 5.26 Å². The van der Waals surface area contributed by atoms with Gasteiger partial charge in [-0.3, -0.25) is 10.1 Å². The molecule has 0 bridgehead atoms. The first-order chi connectivity index (χ1) is 9.36. The van der Waals surface area contributed by atoms with Gasteiger partial charge in [0.25, 0.3) is 0 Å². The molecular weight excluding hydrogens is 236 g/mol. The second-order valence-corrected chi connectivity index (χ2v) is 4.09. The molecule has 0 atom stereocenters. The minimum absolute atomic E-state index is 0.626. The predicted molar refractivity (Wildman–Crippen MR) is 74.0 cm³/mol. The molecule has 0 amide bonds. The molecule has 3 rings (SSSR count). The fourth-order valence-corrected chi connectivity index (χ4v) is 1.89. The summed E-state index contributed by atoms with van der Waals surface area (Å²) in [4.78, 5) is 3.97. The van der Waals surface area contributed by atoms with Crippen molar-refractivity contribution < 1.29 is 0 Å². The molecule has 4 nitrogen and oxygen atoms in total. The number of hydrogen-bond donors (Lipinski definition) is 1. The highest BCUT2D eigenvalue weighted by molar-refractivity contribution is 5.90. The Labute approximate surface area is 110 Å². The summed E-state index contributed by atoms with van der Waals surface area (Å²) in [5, 5.41) is 17.0. The summed E-state index contributed by atoms with van der Waals surface area (Å²) in [5.41, 5.74) is 3.42. The molecule has 0 unspecified atom stereocenters. The maximum Gasteiger partial charge on any atom is 0.0992 e. The first-order valence-electron chi connectivity index (χ1n) is 5.83. The van der Waals surface area contributed by atoms with E-state index in [0.717, 1.165) is 22.2 Å². The van der Waals surface area contributed by atoms with E-state index < -0.39 is 0 Å². The molecule has 0 saturated carbocycles. The van der Waals surface area contributed by atoms with E-state index in [-0.39, 0.29) is 0 Å². The van der Waals surface area contributed by atoms with Gasteiger partial charge in [-0.05, 0) is 42.0 Å². The molecule has 0 saturated heterocycles. The Hall–Kier alpha value is -2.93. The van der Waals surface area contributed by atoms with Crippen molar-refractivity contribution in [2.75, 3.05) is 0 Å². The van der Waals surface area contributed by atoms with Crippen molar-refractivity contribution in [2.45, 2.75) is 0 Å². The number of rotatable bonds is 2. The quantitative estimate of drug-likeness (QED) is 0.755. The van der Waals surface area contributed by atoms with Crippen LogP contribution in [0.4, 0.5) is 0 Å². The van der Waals surface area contributed by atoms with Crippen molar-refractivity contribution in [3.05, 3.63) is 59.5 Å². The Morgan fingerprint density at radius 1 is 1.11 bits per heavy atom. The van der Waals surface area contributed by atoms with Crippen molar-refractivity contribution in [1.82, 2.24) is 15.2 Å². The maximum atomic E-state index is 8.85. The summed E-state index contributed by atoms with van der Waals surface area (Å²) in [5.74, 6) is 0. The molecule has 4 heteroatoms. The number of fused-ring (bicyclic) bond motifs is 1. The van der Waals surface area contributed by atoms with Crippen molar-refractivity contribution in [3.8, 4) is 6.07 Å². The summed E-state index contributed by atoms with van der Waals surface area (Å²) in [6.45, 7) is 0. The normalized spacial score (nSPS) is 10.9. The zero-order valence-corrected chi connectivity index (χ0v) is 10.0. The molecular formula is C15H10N4. The highest BCUT2D eigenvalue weighted by atomic mass is 15.1. The Bertz CT molecular complexity index is 779. The maximum absolute atomic E-state index is 8.85. The molecule has 0 spiro atoms. The average Bonchev–Trinajstić information content (AvgIpc) is 2.88. The number of benzene rings is 1. The molecule has 0 aliphatic carbocycles. The Morgan fingerprint density at radius 3 is 2.74 bits per heavy atom. The standard InChI is InChI=1S/C15H10N4/c16-10-12-1-3-13-14(18-19-15(13)9-12)4-2-11-5-7-17-8-6-11/h1-9H,(H,18,19)/b4-2+. The van der Waals surface area contributed by atoms with Crippen LogP contribution >= 0.6 is 0 Å². The van der Waals surface area contributed by atoms with E-state index in [0.29, 0.717) is 5.56 Å². The molecule has 0 aliphatic heterocycles. The lowest BCUT2D eigenvalue weighted by Crippen LogP contribution is -1.76. The van der Waals surface area contributed by atoms with E-state index in [1.807, 2.05) is 30.4 Å². The van der Waals surface area contributed by atoms with E-state index in [1.54, 1.807) is 24.5 Å². The number of aromatic amines is 1. The van der Waals surface area contributed by atoms with E-state index in [9.17, 15) is 0 Å². The lowest BCUT2D eigenvalue weighted by Gasteiger charge is -1.92. The van der Waals surface area contributed by atoms with Crippen LogP contribution < -0.4 is 0 Å². The molecule has 1 aromatic carbocycles. The molecule has 2 heterocycles. The number of pyridine rings is 1. The van der Waals surface area contributed by atoms with Crippen LogP contribution in [0.5, 0.6) is 0 Å². The summed E-state index contributed by atoms with van der Waals surface area (Å²) in [7, 11) is 0. The fourth-order valence-electron chi connectivity index (χ4n) is 1.89. The molecule has 0 radical (unpaired) electrons. The topological polar surface area (TPSA) is 65.4 Å². The smallest absolute Gasteiger partial charge is 0.0992 e. The number of nitrogens with zero attached hydrogens (tertiary/aromatic N) is 3. The molecule has 2 aromatic heterocycles. The number of nitrogens with one attached hydrogen (secondary N) is 1. The van der Waals surface area contributed by atoms with Crippen LogP contribution in [-0.2, 0) is 0 Å².